The normalized spacial score (nSPS) is 14.6. The van der Waals surface area contributed by atoms with Gasteiger partial charge in [0.1, 0.15) is 0 Å². The van der Waals surface area contributed by atoms with Crippen molar-refractivity contribution >= 4 is 16.0 Å². The molecule has 0 spiro atoms. The van der Waals surface area contributed by atoms with Gasteiger partial charge in [-0.05, 0) is 43.8 Å². The van der Waals surface area contributed by atoms with E-state index in [1.54, 1.807) is 0 Å². The minimum absolute atomic E-state index is 0.0867. The largest absolute Gasteiger partial charge is 0.471 e. The minimum Gasteiger partial charge on any atom is -0.330 e. The third kappa shape index (κ3) is 5.19. The third-order valence-corrected chi connectivity index (χ3v) is 3.87. The second kappa shape index (κ2) is 7.28. The van der Waals surface area contributed by atoms with Crippen LogP contribution in [0.1, 0.15) is 11.1 Å². The van der Waals surface area contributed by atoms with E-state index in [0.29, 0.717) is 10.5 Å². The van der Waals surface area contributed by atoms with Gasteiger partial charge < -0.3 is 10.2 Å². The van der Waals surface area contributed by atoms with E-state index in [0.717, 1.165) is 6.07 Å². The lowest BCUT2D eigenvalue weighted by Crippen LogP contribution is -2.43. The molecule has 0 saturated heterocycles. The molecule has 1 heterocycles. The van der Waals surface area contributed by atoms with Gasteiger partial charge in [0.05, 0.1) is 4.90 Å². The number of rotatable bonds is 1. The Kier molecular flexibility index (Phi) is 6.14. The van der Waals surface area contributed by atoms with E-state index >= 15 is 0 Å². The van der Waals surface area contributed by atoms with Crippen LogP contribution < -0.4 is 5.32 Å². The van der Waals surface area contributed by atoms with Gasteiger partial charge in [0, 0.05) is 13.1 Å². The van der Waals surface area contributed by atoms with Crippen molar-refractivity contribution in [2.45, 2.75) is 24.0 Å². The van der Waals surface area contributed by atoms with Gasteiger partial charge in [0.15, 0.2) is 0 Å². The number of halogens is 3. The molecule has 23 heavy (non-hydrogen) atoms. The van der Waals surface area contributed by atoms with Crippen molar-refractivity contribution in [2.24, 2.45) is 0 Å². The summed E-state index contributed by atoms with van der Waals surface area (Å²) in [7, 11) is -0.678. The van der Waals surface area contributed by atoms with Gasteiger partial charge in [-0.1, -0.05) is 6.07 Å². The Labute approximate surface area is 132 Å². The van der Waals surface area contributed by atoms with Crippen LogP contribution in [0.15, 0.2) is 23.1 Å². The molecule has 6 nitrogen and oxygen atoms in total. The van der Waals surface area contributed by atoms with Gasteiger partial charge in [-0.3, -0.25) is 9.35 Å². The van der Waals surface area contributed by atoms with Crippen LogP contribution in [0.3, 0.4) is 0 Å². The summed E-state index contributed by atoms with van der Waals surface area (Å²) in [6.45, 7) is -0.423. The summed E-state index contributed by atoms with van der Waals surface area (Å²) in [5.74, 6) is -1.96. The average Bonchev–Trinajstić information content (AvgIpc) is 2.44. The Morgan fingerprint density at radius 2 is 1.83 bits per heavy atom. The number of hydrogen-bond donors (Lipinski definition) is 2. The van der Waals surface area contributed by atoms with E-state index in [-0.39, 0.29) is 25.1 Å². The highest BCUT2D eigenvalue weighted by Gasteiger charge is 2.43. The van der Waals surface area contributed by atoms with E-state index in [1.807, 2.05) is 14.1 Å². The maximum Gasteiger partial charge on any atom is 0.471 e. The van der Waals surface area contributed by atoms with Crippen LogP contribution in [-0.4, -0.2) is 50.6 Å². The van der Waals surface area contributed by atoms with Gasteiger partial charge in [0.2, 0.25) is 0 Å². The van der Waals surface area contributed by atoms with Gasteiger partial charge in [-0.2, -0.15) is 21.6 Å². The molecule has 10 heteroatoms. The first-order valence-electron chi connectivity index (χ1n) is 6.54. The molecule has 0 radical (unpaired) electrons. The van der Waals surface area contributed by atoms with Crippen molar-refractivity contribution in [3.05, 3.63) is 29.3 Å². The molecule has 0 aromatic heterocycles. The SMILES string of the molecule is CNC.O=C(N1CCc2ccc(S(=O)(=O)O)cc2C1)C(F)(F)F. The summed E-state index contributed by atoms with van der Waals surface area (Å²) in [5, 5.41) is 2.75. The standard InChI is InChI=1S/C11H10F3NO4S.C2H7N/c12-11(13,14)10(16)15-4-3-7-1-2-9(20(17,18)19)5-8(7)6-15;1-3-2/h1-2,5H,3-4,6H2,(H,17,18,19);3H,1-2H3. The van der Waals surface area contributed by atoms with Crippen LogP contribution in [0, 0.1) is 0 Å². The van der Waals surface area contributed by atoms with Crippen molar-refractivity contribution in [3.8, 4) is 0 Å². The summed E-state index contributed by atoms with van der Waals surface area (Å²) in [6, 6.07) is 3.68. The third-order valence-electron chi connectivity index (χ3n) is 3.02. The quantitative estimate of drug-likeness (QED) is 0.741. The molecule has 0 aliphatic carbocycles. The lowest BCUT2D eigenvalue weighted by Gasteiger charge is -2.29. The molecule has 1 aromatic rings. The summed E-state index contributed by atoms with van der Waals surface area (Å²) in [5.41, 5.74) is 0.938. The number of nitrogens with zero attached hydrogens (tertiary/aromatic N) is 1. The van der Waals surface area contributed by atoms with Crippen LogP contribution in [-0.2, 0) is 27.9 Å². The molecule has 2 rings (SSSR count). The van der Waals surface area contributed by atoms with Crippen molar-refractivity contribution in [3.63, 3.8) is 0 Å². The zero-order valence-electron chi connectivity index (χ0n) is 12.5. The van der Waals surface area contributed by atoms with Gasteiger partial charge in [-0.25, -0.2) is 0 Å². The topological polar surface area (TPSA) is 86.7 Å². The molecule has 1 aliphatic rings. The van der Waals surface area contributed by atoms with E-state index in [2.05, 4.69) is 5.32 Å². The van der Waals surface area contributed by atoms with Crippen molar-refractivity contribution < 1.29 is 30.9 Å². The predicted molar refractivity (Wildman–Crippen MR) is 76.4 cm³/mol. The van der Waals surface area contributed by atoms with Gasteiger partial charge in [-0.15, -0.1) is 0 Å². The lowest BCUT2D eigenvalue weighted by molar-refractivity contribution is -0.186. The maximum atomic E-state index is 12.4. The Hall–Kier alpha value is -1.65. The smallest absolute Gasteiger partial charge is 0.330 e. The van der Waals surface area contributed by atoms with E-state index in [4.69, 9.17) is 4.55 Å². The Morgan fingerprint density at radius 1 is 1.26 bits per heavy atom. The summed E-state index contributed by atoms with van der Waals surface area (Å²) in [4.78, 5) is 11.3. The molecule has 0 unspecified atom stereocenters. The number of nitrogens with one attached hydrogen (secondary N) is 1. The molecule has 0 atom stereocenters. The number of benzene rings is 1. The highest BCUT2D eigenvalue weighted by molar-refractivity contribution is 7.85. The van der Waals surface area contributed by atoms with Crippen molar-refractivity contribution in [2.75, 3.05) is 20.6 Å². The number of carbonyl (C=O) groups is 1. The second-order valence-electron chi connectivity index (χ2n) is 4.88. The lowest BCUT2D eigenvalue weighted by atomic mass is 10.00. The van der Waals surface area contributed by atoms with Crippen LogP contribution in [0.2, 0.25) is 0 Å². The molecule has 0 fully saturated rings. The Balaban J connectivity index is 0.000000816. The summed E-state index contributed by atoms with van der Waals surface area (Å²) >= 11 is 0. The first kappa shape index (κ1) is 19.4. The second-order valence-corrected chi connectivity index (χ2v) is 6.30. The minimum atomic E-state index is -4.96. The van der Waals surface area contributed by atoms with Gasteiger partial charge in [0.25, 0.3) is 10.1 Å². The molecule has 2 N–H and O–H groups in total. The van der Waals surface area contributed by atoms with E-state index < -0.39 is 27.1 Å². The molecule has 1 aromatic carbocycles. The zero-order valence-corrected chi connectivity index (χ0v) is 13.3. The number of alkyl halides is 3. The fraction of sp³-hybridized carbons (Fsp3) is 0.462. The number of hydrogen-bond acceptors (Lipinski definition) is 4. The monoisotopic (exact) mass is 354 g/mol. The van der Waals surface area contributed by atoms with Crippen molar-refractivity contribution in [1.82, 2.24) is 10.2 Å². The molecule has 130 valence electrons. The van der Waals surface area contributed by atoms with Crippen LogP contribution in [0.4, 0.5) is 13.2 Å². The molecule has 1 amide bonds. The molecule has 0 bridgehead atoms. The zero-order chi connectivity index (χ0) is 17.8. The predicted octanol–water partition coefficient (Wildman–Crippen LogP) is 1.22. The van der Waals surface area contributed by atoms with Crippen LogP contribution in [0.5, 0.6) is 0 Å². The fourth-order valence-electron chi connectivity index (χ4n) is 2.05. The van der Waals surface area contributed by atoms with Gasteiger partial charge >= 0.3 is 12.1 Å². The van der Waals surface area contributed by atoms with Crippen molar-refractivity contribution in [1.29, 1.82) is 0 Å². The molecule has 0 saturated carbocycles. The summed E-state index contributed by atoms with van der Waals surface area (Å²) in [6.07, 6.45) is -4.76. The Bertz CT molecular complexity index is 674. The highest BCUT2D eigenvalue weighted by atomic mass is 32.2. The number of carbonyl (C=O) groups excluding carboxylic acids is 1. The number of amides is 1. The fourth-order valence-corrected chi connectivity index (χ4v) is 2.58. The molecular weight excluding hydrogens is 337 g/mol. The highest BCUT2D eigenvalue weighted by Crippen LogP contribution is 2.26. The van der Waals surface area contributed by atoms with E-state index in [9.17, 15) is 26.4 Å². The molecular formula is C13H17F3N2O4S. The first-order valence-corrected chi connectivity index (χ1v) is 7.98. The average molecular weight is 354 g/mol. The number of fused-ring (bicyclic) bond motifs is 1. The van der Waals surface area contributed by atoms with Crippen LogP contribution >= 0.6 is 0 Å². The maximum absolute atomic E-state index is 12.4. The summed E-state index contributed by atoms with van der Waals surface area (Å²) < 4.78 is 67.9. The van der Waals surface area contributed by atoms with Crippen LogP contribution in [0.25, 0.3) is 0 Å². The Morgan fingerprint density at radius 3 is 2.30 bits per heavy atom. The molecule has 1 aliphatic heterocycles. The first-order chi connectivity index (χ1) is 10.5. The van der Waals surface area contributed by atoms with E-state index in [1.165, 1.54) is 12.1 Å².